The number of aromatic nitrogens is 3. The molecule has 0 radical (unpaired) electrons. The number of hydrogen-bond acceptors (Lipinski definition) is 8. The molecule has 0 fully saturated rings. The summed E-state index contributed by atoms with van der Waals surface area (Å²) >= 11 is 1.21. The van der Waals surface area contributed by atoms with Crippen molar-refractivity contribution >= 4 is 45.7 Å². The molecule has 4 rings (SSSR count). The number of H-pyrrole nitrogens is 1. The van der Waals surface area contributed by atoms with E-state index < -0.39 is 47.1 Å². The number of hydrogen-bond donors (Lipinski definition) is 3. The lowest BCUT2D eigenvalue weighted by atomic mass is 10.0. The smallest absolute Gasteiger partial charge is 0.332 e. The van der Waals surface area contributed by atoms with Crippen molar-refractivity contribution in [1.29, 1.82) is 0 Å². The summed E-state index contributed by atoms with van der Waals surface area (Å²) in [5.41, 5.74) is 5.40. The van der Waals surface area contributed by atoms with Gasteiger partial charge < -0.3 is 20.8 Å². The van der Waals surface area contributed by atoms with E-state index in [1.165, 1.54) is 25.4 Å². The molecular formula is C24H23N5O6S. The molecule has 4 N–H and O–H groups in total. The Morgan fingerprint density at radius 1 is 1.11 bits per heavy atom. The van der Waals surface area contributed by atoms with Crippen LogP contribution in [0.2, 0.25) is 0 Å². The van der Waals surface area contributed by atoms with E-state index in [2.05, 4.69) is 10.3 Å². The zero-order valence-electron chi connectivity index (χ0n) is 19.4. The van der Waals surface area contributed by atoms with Crippen LogP contribution in [0.25, 0.3) is 10.9 Å². The van der Waals surface area contributed by atoms with E-state index in [-0.39, 0.29) is 12.2 Å². The minimum Gasteiger partial charge on any atom is -0.456 e. The quantitative estimate of drug-likeness (QED) is 0.236. The first kappa shape index (κ1) is 24.7. The van der Waals surface area contributed by atoms with Crippen molar-refractivity contribution in [1.82, 2.24) is 19.4 Å². The van der Waals surface area contributed by atoms with Crippen molar-refractivity contribution in [3.05, 3.63) is 84.8 Å². The standard InChI is InChI=1S/C24H23N5O6S/c1-28-20(25)19(22(32)29(2)24(28)34)17(30)12-35-23(33)16(27-21(31)18-8-5-9-36-18)10-13-11-26-15-7-4-3-6-14(13)15/h3-9,11,16,26H,10,12,25H2,1-2H3,(H,27,31)/t16-/m1/s1. The zero-order valence-corrected chi connectivity index (χ0v) is 20.3. The molecular weight excluding hydrogens is 486 g/mol. The molecule has 12 heteroatoms. The molecule has 4 aromatic rings. The fourth-order valence-corrected chi connectivity index (χ4v) is 4.41. The van der Waals surface area contributed by atoms with Gasteiger partial charge in [-0.25, -0.2) is 9.59 Å². The molecule has 36 heavy (non-hydrogen) atoms. The van der Waals surface area contributed by atoms with Gasteiger partial charge in [0.15, 0.2) is 6.61 Å². The summed E-state index contributed by atoms with van der Waals surface area (Å²) in [4.78, 5) is 66.4. The Morgan fingerprint density at radius 2 is 1.86 bits per heavy atom. The molecule has 1 atom stereocenters. The number of benzene rings is 1. The number of amides is 1. The predicted octanol–water partition coefficient (Wildman–Crippen LogP) is 0.976. The van der Waals surface area contributed by atoms with Gasteiger partial charge in [0.1, 0.15) is 17.4 Å². The second-order valence-electron chi connectivity index (χ2n) is 8.06. The number of ether oxygens (including phenoxy) is 1. The Balaban J connectivity index is 1.56. The van der Waals surface area contributed by atoms with Crippen molar-refractivity contribution in [2.75, 3.05) is 12.3 Å². The number of aromatic amines is 1. The summed E-state index contributed by atoms with van der Waals surface area (Å²) in [6.45, 7) is -0.796. The van der Waals surface area contributed by atoms with E-state index in [0.717, 1.165) is 25.6 Å². The second kappa shape index (κ2) is 10.0. The maximum Gasteiger partial charge on any atom is 0.332 e. The van der Waals surface area contributed by atoms with Gasteiger partial charge in [-0.1, -0.05) is 24.3 Å². The summed E-state index contributed by atoms with van der Waals surface area (Å²) in [7, 11) is 2.53. The number of nitrogens with zero attached hydrogens (tertiary/aromatic N) is 2. The molecule has 0 aliphatic heterocycles. The highest BCUT2D eigenvalue weighted by Gasteiger charge is 2.27. The molecule has 3 heterocycles. The van der Waals surface area contributed by atoms with Gasteiger partial charge in [-0.3, -0.25) is 23.5 Å². The largest absolute Gasteiger partial charge is 0.456 e. The SMILES string of the molecule is Cn1c(N)c(C(=O)COC(=O)[C@@H](Cc2c[nH]c3ccccc23)NC(=O)c2cccs2)c(=O)n(C)c1=O. The Kier molecular flexibility index (Phi) is 6.88. The number of Topliss-reactive ketones (excluding diaryl/α,β-unsaturated/α-hetero) is 1. The van der Waals surface area contributed by atoms with Gasteiger partial charge in [0.05, 0.1) is 4.88 Å². The first-order chi connectivity index (χ1) is 17.2. The number of ketones is 1. The molecule has 0 unspecified atom stereocenters. The summed E-state index contributed by atoms with van der Waals surface area (Å²) in [6, 6.07) is 9.70. The van der Waals surface area contributed by atoms with Crippen LogP contribution < -0.4 is 22.3 Å². The van der Waals surface area contributed by atoms with E-state index in [1.807, 2.05) is 24.3 Å². The van der Waals surface area contributed by atoms with E-state index in [1.54, 1.807) is 23.7 Å². The normalized spacial score (nSPS) is 11.8. The number of rotatable bonds is 8. The van der Waals surface area contributed by atoms with Crippen LogP contribution in [0.15, 0.2) is 57.6 Å². The van der Waals surface area contributed by atoms with Gasteiger partial charge in [-0.05, 0) is 23.1 Å². The number of nitrogens with one attached hydrogen (secondary N) is 2. The third-order valence-corrected chi connectivity index (χ3v) is 6.64. The molecule has 0 saturated carbocycles. The molecule has 1 amide bonds. The Hall–Kier alpha value is -4.45. The van der Waals surface area contributed by atoms with Crippen molar-refractivity contribution in [2.45, 2.75) is 12.5 Å². The van der Waals surface area contributed by atoms with E-state index in [4.69, 9.17) is 10.5 Å². The van der Waals surface area contributed by atoms with Crippen molar-refractivity contribution < 1.29 is 19.1 Å². The number of nitrogen functional groups attached to an aromatic ring is 1. The van der Waals surface area contributed by atoms with Gasteiger partial charge in [0.2, 0.25) is 5.78 Å². The van der Waals surface area contributed by atoms with Crippen LogP contribution in [0.5, 0.6) is 0 Å². The predicted molar refractivity (Wildman–Crippen MR) is 134 cm³/mol. The Morgan fingerprint density at radius 3 is 2.58 bits per heavy atom. The lowest BCUT2D eigenvalue weighted by molar-refractivity contribution is -0.144. The first-order valence-corrected chi connectivity index (χ1v) is 11.7. The Labute approximate surface area is 208 Å². The van der Waals surface area contributed by atoms with E-state index in [9.17, 15) is 24.0 Å². The van der Waals surface area contributed by atoms with Crippen molar-refractivity contribution in [3.8, 4) is 0 Å². The molecule has 0 aliphatic carbocycles. The van der Waals surface area contributed by atoms with Crippen molar-refractivity contribution in [2.24, 2.45) is 14.1 Å². The minimum atomic E-state index is -1.12. The van der Waals surface area contributed by atoms with Crippen LogP contribution in [0, 0.1) is 0 Å². The lowest BCUT2D eigenvalue weighted by Gasteiger charge is -2.17. The Bertz CT molecular complexity index is 1580. The van der Waals surface area contributed by atoms with Gasteiger partial charge in [-0.15, -0.1) is 11.3 Å². The summed E-state index contributed by atoms with van der Waals surface area (Å²) in [5.74, 6) is -2.52. The number of carbonyl (C=O) groups excluding carboxylic acids is 3. The third-order valence-electron chi connectivity index (χ3n) is 5.77. The van der Waals surface area contributed by atoms with Crippen LogP contribution in [0.3, 0.4) is 0 Å². The maximum absolute atomic E-state index is 13.0. The van der Waals surface area contributed by atoms with Crippen LogP contribution >= 0.6 is 11.3 Å². The number of anilines is 1. The molecule has 0 saturated heterocycles. The molecule has 3 aromatic heterocycles. The van der Waals surface area contributed by atoms with Gasteiger partial charge >= 0.3 is 11.7 Å². The van der Waals surface area contributed by atoms with Gasteiger partial charge in [0.25, 0.3) is 11.5 Å². The monoisotopic (exact) mass is 509 g/mol. The number of thiophene rings is 1. The van der Waals surface area contributed by atoms with Crippen LogP contribution in [0.4, 0.5) is 5.82 Å². The molecule has 1 aromatic carbocycles. The summed E-state index contributed by atoms with van der Waals surface area (Å²) in [5, 5.41) is 5.28. The van der Waals surface area contributed by atoms with Gasteiger partial charge in [0, 0.05) is 37.6 Å². The molecule has 0 spiro atoms. The fraction of sp³-hybridized carbons (Fsp3) is 0.208. The summed E-state index contributed by atoms with van der Waals surface area (Å²) < 4.78 is 6.92. The highest BCUT2D eigenvalue weighted by Crippen LogP contribution is 2.20. The van der Waals surface area contributed by atoms with E-state index in [0.29, 0.717) is 4.88 Å². The maximum atomic E-state index is 13.0. The summed E-state index contributed by atoms with van der Waals surface area (Å²) in [6.07, 6.45) is 1.83. The average Bonchev–Trinajstić information content (AvgIpc) is 3.55. The number of fused-ring (bicyclic) bond motifs is 1. The van der Waals surface area contributed by atoms with E-state index >= 15 is 0 Å². The number of nitrogens with two attached hydrogens (primary N) is 1. The number of para-hydroxylation sites is 1. The lowest BCUT2D eigenvalue weighted by Crippen LogP contribution is -2.44. The number of carbonyl (C=O) groups is 3. The molecule has 0 bridgehead atoms. The van der Waals surface area contributed by atoms with Gasteiger partial charge in [-0.2, -0.15) is 0 Å². The average molecular weight is 510 g/mol. The highest BCUT2D eigenvalue weighted by molar-refractivity contribution is 7.12. The zero-order chi connectivity index (χ0) is 26.0. The fourth-order valence-electron chi connectivity index (χ4n) is 3.78. The third kappa shape index (κ3) is 4.70. The molecule has 0 aliphatic rings. The van der Waals surface area contributed by atoms with Crippen LogP contribution in [0.1, 0.15) is 25.6 Å². The van der Waals surface area contributed by atoms with Crippen molar-refractivity contribution in [3.63, 3.8) is 0 Å². The molecule has 11 nitrogen and oxygen atoms in total. The topological polar surface area (TPSA) is 158 Å². The highest BCUT2D eigenvalue weighted by atomic mass is 32.1. The first-order valence-electron chi connectivity index (χ1n) is 10.8. The second-order valence-corrected chi connectivity index (χ2v) is 9.01. The number of esters is 1. The minimum absolute atomic E-state index is 0.0951. The van der Waals surface area contributed by atoms with Crippen LogP contribution in [-0.2, 0) is 30.0 Å². The van der Waals surface area contributed by atoms with Crippen LogP contribution in [-0.4, -0.2) is 44.4 Å². The molecule has 186 valence electrons.